The molecule has 134 valence electrons. The third-order valence-electron chi connectivity index (χ3n) is 3.84. The van der Waals surface area contributed by atoms with E-state index >= 15 is 0 Å². The highest BCUT2D eigenvalue weighted by atomic mass is 32.2. The quantitative estimate of drug-likeness (QED) is 0.818. The first-order valence-electron chi connectivity index (χ1n) is 7.86. The Labute approximate surface area is 153 Å². The van der Waals surface area contributed by atoms with Gasteiger partial charge in [-0.05, 0) is 47.7 Å². The molecule has 1 fully saturated rings. The molecule has 0 unspecified atom stereocenters. The largest absolute Gasteiger partial charge is 0.349 e. The van der Waals surface area contributed by atoms with Crippen molar-refractivity contribution < 1.29 is 18.8 Å². The first-order chi connectivity index (χ1) is 12.5. The molecule has 1 aromatic heterocycles. The molecule has 0 bridgehead atoms. The number of imide groups is 1. The zero-order chi connectivity index (χ0) is 18.7. The normalized spacial score (nSPS) is 15.8. The van der Waals surface area contributed by atoms with Crippen molar-refractivity contribution in [2.24, 2.45) is 7.05 Å². The number of aryl methyl sites for hydroxylation is 1. The van der Waals surface area contributed by atoms with Gasteiger partial charge in [-0.15, -0.1) is 0 Å². The zero-order valence-corrected chi connectivity index (χ0v) is 14.8. The van der Waals surface area contributed by atoms with Crippen molar-refractivity contribution in [1.29, 1.82) is 0 Å². The number of hydrogen-bond donors (Lipinski definition) is 1. The van der Waals surface area contributed by atoms with Crippen molar-refractivity contribution in [3.63, 3.8) is 0 Å². The molecule has 0 aliphatic carbocycles. The molecule has 1 N–H and O–H groups in total. The Morgan fingerprint density at radius 1 is 1.23 bits per heavy atom. The summed E-state index contributed by atoms with van der Waals surface area (Å²) in [5, 5.41) is 2.30. The SMILES string of the molecule is Cn1cccc1C(=O)NCCN1C(=O)S/C(=C\c2ccc(F)cc2)C1=O. The number of thioether (sulfide) groups is 1. The number of nitrogens with one attached hydrogen (secondary N) is 1. The van der Waals surface area contributed by atoms with E-state index in [-0.39, 0.29) is 29.7 Å². The Hall–Kier alpha value is -2.87. The van der Waals surface area contributed by atoms with E-state index in [1.807, 2.05) is 0 Å². The van der Waals surface area contributed by atoms with Crippen molar-refractivity contribution >= 4 is 34.9 Å². The van der Waals surface area contributed by atoms with E-state index in [1.54, 1.807) is 36.0 Å². The molecule has 2 aromatic rings. The maximum atomic E-state index is 12.9. The number of halogens is 1. The Morgan fingerprint density at radius 3 is 2.62 bits per heavy atom. The average Bonchev–Trinajstić information content (AvgIpc) is 3.15. The zero-order valence-electron chi connectivity index (χ0n) is 13.9. The monoisotopic (exact) mass is 373 g/mol. The second-order valence-corrected chi connectivity index (χ2v) is 6.64. The minimum atomic E-state index is -0.419. The van der Waals surface area contributed by atoms with Gasteiger partial charge in [-0.25, -0.2) is 4.39 Å². The summed E-state index contributed by atoms with van der Waals surface area (Å²) in [6, 6.07) is 9.07. The van der Waals surface area contributed by atoms with Crippen LogP contribution in [0.5, 0.6) is 0 Å². The van der Waals surface area contributed by atoms with Crippen LogP contribution in [0, 0.1) is 5.82 Å². The molecule has 8 heteroatoms. The summed E-state index contributed by atoms with van der Waals surface area (Å²) in [7, 11) is 1.76. The van der Waals surface area contributed by atoms with E-state index in [0.717, 1.165) is 16.7 Å². The maximum Gasteiger partial charge on any atom is 0.293 e. The van der Waals surface area contributed by atoms with Gasteiger partial charge in [-0.2, -0.15) is 0 Å². The van der Waals surface area contributed by atoms with Crippen LogP contribution in [0.1, 0.15) is 16.1 Å². The number of carbonyl (C=O) groups is 3. The van der Waals surface area contributed by atoms with E-state index in [4.69, 9.17) is 0 Å². The summed E-state index contributed by atoms with van der Waals surface area (Å²) in [5.74, 6) is -1.06. The summed E-state index contributed by atoms with van der Waals surface area (Å²) < 4.78 is 14.6. The predicted octanol–water partition coefficient (Wildman–Crippen LogP) is 2.63. The smallest absolute Gasteiger partial charge is 0.293 e. The molecule has 0 spiro atoms. The average molecular weight is 373 g/mol. The molecule has 1 aliphatic heterocycles. The maximum absolute atomic E-state index is 12.9. The van der Waals surface area contributed by atoms with Crippen molar-refractivity contribution in [3.05, 3.63) is 64.6 Å². The molecule has 26 heavy (non-hydrogen) atoms. The van der Waals surface area contributed by atoms with Gasteiger partial charge in [-0.1, -0.05) is 12.1 Å². The molecule has 1 aromatic carbocycles. The Kier molecular flexibility index (Phi) is 5.22. The lowest BCUT2D eigenvalue weighted by atomic mass is 10.2. The van der Waals surface area contributed by atoms with E-state index in [2.05, 4.69) is 5.32 Å². The highest BCUT2D eigenvalue weighted by Crippen LogP contribution is 2.31. The van der Waals surface area contributed by atoms with E-state index < -0.39 is 11.1 Å². The van der Waals surface area contributed by atoms with Gasteiger partial charge in [0, 0.05) is 26.3 Å². The number of aromatic nitrogens is 1. The van der Waals surface area contributed by atoms with Crippen LogP contribution >= 0.6 is 11.8 Å². The second kappa shape index (κ2) is 7.57. The number of hydrogen-bond acceptors (Lipinski definition) is 4. The van der Waals surface area contributed by atoms with Gasteiger partial charge in [0.25, 0.3) is 17.1 Å². The Morgan fingerprint density at radius 2 is 1.96 bits per heavy atom. The van der Waals surface area contributed by atoms with E-state index in [9.17, 15) is 18.8 Å². The van der Waals surface area contributed by atoms with Gasteiger partial charge in [0.15, 0.2) is 0 Å². The molecular weight excluding hydrogens is 357 g/mol. The lowest BCUT2D eigenvalue weighted by molar-refractivity contribution is -0.122. The van der Waals surface area contributed by atoms with Crippen LogP contribution in [0.25, 0.3) is 6.08 Å². The summed E-state index contributed by atoms with van der Waals surface area (Å²) >= 11 is 0.828. The molecular formula is C18H16FN3O3S. The van der Waals surface area contributed by atoms with Crippen LogP contribution in [-0.2, 0) is 11.8 Å². The van der Waals surface area contributed by atoms with Crippen LogP contribution in [0.15, 0.2) is 47.5 Å². The van der Waals surface area contributed by atoms with Gasteiger partial charge >= 0.3 is 0 Å². The van der Waals surface area contributed by atoms with Gasteiger partial charge in [0.2, 0.25) is 0 Å². The lowest BCUT2D eigenvalue weighted by Gasteiger charge is -2.13. The first-order valence-corrected chi connectivity index (χ1v) is 8.68. The molecule has 0 saturated carbocycles. The van der Waals surface area contributed by atoms with Gasteiger partial charge < -0.3 is 9.88 Å². The topological polar surface area (TPSA) is 71.4 Å². The Balaban J connectivity index is 1.60. The van der Waals surface area contributed by atoms with Crippen molar-refractivity contribution in [1.82, 2.24) is 14.8 Å². The van der Waals surface area contributed by atoms with Gasteiger partial charge in [0.1, 0.15) is 11.5 Å². The number of nitrogens with zero attached hydrogens (tertiary/aromatic N) is 2. The highest BCUT2D eigenvalue weighted by molar-refractivity contribution is 8.18. The van der Waals surface area contributed by atoms with E-state index in [0.29, 0.717) is 11.3 Å². The third-order valence-corrected chi connectivity index (χ3v) is 4.75. The highest BCUT2D eigenvalue weighted by Gasteiger charge is 2.34. The van der Waals surface area contributed by atoms with Crippen LogP contribution in [-0.4, -0.2) is 39.6 Å². The number of rotatable bonds is 5. The number of carbonyl (C=O) groups excluding carboxylic acids is 3. The molecule has 2 heterocycles. The van der Waals surface area contributed by atoms with Gasteiger partial charge in [0.05, 0.1) is 4.91 Å². The summed E-state index contributed by atoms with van der Waals surface area (Å²) in [6.45, 7) is 0.244. The fourth-order valence-electron chi connectivity index (χ4n) is 2.47. The third kappa shape index (κ3) is 3.85. The molecule has 0 radical (unpaired) electrons. The van der Waals surface area contributed by atoms with Gasteiger partial charge in [-0.3, -0.25) is 19.3 Å². The van der Waals surface area contributed by atoms with Crippen LogP contribution in [0.2, 0.25) is 0 Å². The summed E-state index contributed by atoms with van der Waals surface area (Å²) in [6.07, 6.45) is 3.30. The lowest BCUT2D eigenvalue weighted by Crippen LogP contribution is -2.37. The van der Waals surface area contributed by atoms with Crippen molar-refractivity contribution in [2.45, 2.75) is 0 Å². The second-order valence-electron chi connectivity index (χ2n) is 5.65. The summed E-state index contributed by atoms with van der Waals surface area (Å²) in [4.78, 5) is 37.8. The van der Waals surface area contributed by atoms with Crippen molar-refractivity contribution in [2.75, 3.05) is 13.1 Å². The fraction of sp³-hybridized carbons (Fsp3) is 0.167. The molecule has 1 aliphatic rings. The van der Waals surface area contributed by atoms with Crippen LogP contribution in [0.3, 0.4) is 0 Å². The molecule has 6 nitrogen and oxygen atoms in total. The van der Waals surface area contributed by atoms with Crippen molar-refractivity contribution in [3.8, 4) is 0 Å². The molecule has 0 atom stereocenters. The first kappa shape index (κ1) is 17.9. The Bertz CT molecular complexity index is 889. The standard InChI is InChI=1S/C18H16FN3O3S/c1-21-9-2-3-14(21)16(23)20-8-10-22-17(24)15(26-18(22)25)11-12-4-6-13(19)7-5-12/h2-7,9,11H,8,10H2,1H3,(H,20,23)/b15-11-. The predicted molar refractivity (Wildman–Crippen MR) is 96.8 cm³/mol. The van der Waals surface area contributed by atoms with Crippen LogP contribution < -0.4 is 5.32 Å². The minimum absolute atomic E-state index is 0.0849. The summed E-state index contributed by atoms with van der Waals surface area (Å²) in [5.41, 5.74) is 1.13. The van der Waals surface area contributed by atoms with E-state index in [1.165, 1.54) is 24.3 Å². The fourth-order valence-corrected chi connectivity index (χ4v) is 3.34. The van der Waals surface area contributed by atoms with Crippen LogP contribution in [0.4, 0.5) is 9.18 Å². The number of benzene rings is 1. The molecule has 3 amide bonds. The number of amides is 3. The minimum Gasteiger partial charge on any atom is -0.349 e. The molecule has 1 saturated heterocycles. The molecule has 3 rings (SSSR count).